The van der Waals surface area contributed by atoms with Crippen molar-refractivity contribution in [2.75, 3.05) is 48.5 Å². The highest BCUT2D eigenvalue weighted by atomic mass is 35.5. The number of hydrogen-bond acceptors (Lipinski definition) is 6. The van der Waals surface area contributed by atoms with E-state index in [2.05, 4.69) is 411 Å². The van der Waals surface area contributed by atoms with Gasteiger partial charge >= 0.3 is 0 Å². The number of H-pyrrole nitrogens is 7. The zero-order valence-corrected chi connectivity index (χ0v) is 92.1. The molecule has 0 saturated heterocycles. The number of hydrogen-bond donors (Lipinski definition) is 8. The predicted octanol–water partition coefficient (Wildman–Crippen LogP) is 35.1. The first-order chi connectivity index (χ1) is 69.1. The van der Waals surface area contributed by atoms with E-state index in [4.69, 9.17) is 25.8 Å². The summed E-state index contributed by atoms with van der Waals surface area (Å²) in [4.78, 5) is 41.7. The summed E-state index contributed by atoms with van der Waals surface area (Å²) < 4.78 is 16.8. The van der Waals surface area contributed by atoms with Gasteiger partial charge in [-0.15, -0.1) is 0 Å². The summed E-state index contributed by atoms with van der Waals surface area (Å²) >= 11 is 6.11. The number of benzene rings is 12. The summed E-state index contributed by atoms with van der Waals surface area (Å²) in [6.45, 7) is 55.2. The fourth-order valence-corrected chi connectivity index (χ4v) is 19.1. The molecule has 0 bridgehead atoms. The average Bonchev–Trinajstić information content (AvgIpc) is 1.37. The summed E-state index contributed by atoms with van der Waals surface area (Å²) in [5.74, 6) is 2.99. The molecule has 0 spiro atoms. The Hall–Kier alpha value is -14.3. The molecule has 8 heterocycles. The smallest absolute Gasteiger partial charge is 0.251 e. The Morgan fingerprint density at radius 2 is 0.712 bits per heavy atom. The van der Waals surface area contributed by atoms with Gasteiger partial charge in [0.25, 0.3) is 5.91 Å². The van der Waals surface area contributed by atoms with Gasteiger partial charge < -0.3 is 59.3 Å². The molecule has 12 aromatic carbocycles. The SMILES string of the molecule is CC(C)(C)c1cc2[nH]ccc2cc1-c1ccccc1.CC(C)(C)c1cc2[nH]ccc2cc1-c1cccnc1.CC(C)c1ccc(-c2cc3cc[nH]c3cc2C(C)(C)C)cc1.CN(C)CCNC(=O)c1ccc(-c2cc3cc[nH]c3cc2C(C)(C)C)cc1.COc1cc(Cl)ccc1-c1cc2cc[nH]c2cc1C(C)(C)C.COc1cccc(OC)c1-c1cc2cc[nH]c2cc1C(C)(C)C.Cc1c[nH]c2cc(C(C)(C)C)ccc12. The summed E-state index contributed by atoms with van der Waals surface area (Å²) in [5, 5.41) is 12.3. The summed E-state index contributed by atoms with van der Waals surface area (Å²) in [6, 6.07) is 89.9. The van der Waals surface area contributed by atoms with Gasteiger partial charge in [-0.05, 0) is 361 Å². The summed E-state index contributed by atoms with van der Waals surface area (Å²) in [7, 11) is 9.07. The number of aromatic amines is 7. The van der Waals surface area contributed by atoms with E-state index in [1.54, 1.807) is 21.3 Å². The van der Waals surface area contributed by atoms with E-state index >= 15 is 0 Å². The Kier molecular flexibility index (Phi) is 32.9. The molecule has 0 atom stereocenters. The molecule has 20 rings (SSSR count). The number of halogens is 1. The molecule has 0 radical (unpaired) electrons. The number of rotatable bonds is 14. The van der Waals surface area contributed by atoms with Crippen LogP contribution < -0.4 is 19.5 Å². The molecule has 1 amide bonds. The minimum Gasteiger partial charge on any atom is -0.496 e. The van der Waals surface area contributed by atoms with Gasteiger partial charge in [0.2, 0.25) is 0 Å². The molecule has 756 valence electrons. The van der Waals surface area contributed by atoms with Gasteiger partial charge in [0.1, 0.15) is 17.2 Å². The van der Waals surface area contributed by atoms with Crippen LogP contribution in [0.5, 0.6) is 17.2 Å². The van der Waals surface area contributed by atoms with Crippen molar-refractivity contribution in [3.63, 3.8) is 0 Å². The van der Waals surface area contributed by atoms with E-state index < -0.39 is 0 Å². The third-order valence-corrected chi connectivity index (χ3v) is 27.4. The van der Waals surface area contributed by atoms with Gasteiger partial charge in [0.15, 0.2) is 0 Å². The van der Waals surface area contributed by atoms with Crippen molar-refractivity contribution in [1.29, 1.82) is 0 Å². The van der Waals surface area contributed by atoms with Crippen LogP contribution in [-0.4, -0.2) is 99.2 Å². The first kappa shape index (κ1) is 107. The van der Waals surface area contributed by atoms with Crippen molar-refractivity contribution in [2.45, 2.75) is 210 Å². The molecule has 0 fully saturated rings. The summed E-state index contributed by atoms with van der Waals surface area (Å²) in [5.41, 5.74) is 36.2. The van der Waals surface area contributed by atoms with Crippen molar-refractivity contribution in [2.24, 2.45) is 0 Å². The molecule has 14 nitrogen and oxygen atoms in total. The highest BCUT2D eigenvalue weighted by molar-refractivity contribution is 6.30. The molecule has 0 aliphatic rings. The number of amides is 1. The van der Waals surface area contributed by atoms with Crippen LogP contribution in [0.3, 0.4) is 0 Å². The Labute approximate surface area is 870 Å². The fourth-order valence-electron chi connectivity index (χ4n) is 18.9. The van der Waals surface area contributed by atoms with Crippen LogP contribution >= 0.6 is 11.6 Å². The van der Waals surface area contributed by atoms with Gasteiger partial charge in [0, 0.05) is 135 Å². The van der Waals surface area contributed by atoms with Gasteiger partial charge in [-0.25, -0.2) is 0 Å². The van der Waals surface area contributed by atoms with Crippen LogP contribution in [0.1, 0.15) is 226 Å². The van der Waals surface area contributed by atoms with E-state index in [0.717, 1.165) is 62.6 Å². The Morgan fingerprint density at radius 1 is 0.349 bits per heavy atom. The average molecular weight is 1970 g/mol. The maximum absolute atomic E-state index is 12.3. The molecule has 8 N–H and O–H groups in total. The van der Waals surface area contributed by atoms with Crippen LogP contribution in [0.25, 0.3) is 143 Å². The minimum atomic E-state index is -0.0273. The first-order valence-corrected chi connectivity index (χ1v) is 51.4. The number of carbonyl (C=O) groups excluding carboxylic acids is 1. The van der Waals surface area contributed by atoms with Gasteiger partial charge in [0.05, 0.1) is 26.9 Å². The lowest BCUT2D eigenvalue weighted by Gasteiger charge is -2.25. The van der Waals surface area contributed by atoms with Crippen molar-refractivity contribution >= 4 is 93.8 Å². The minimum absolute atomic E-state index is 0.000494. The molecule has 146 heavy (non-hydrogen) atoms. The molecule has 8 aromatic heterocycles. The number of methoxy groups -OCH3 is 3. The number of nitrogens with one attached hydrogen (secondary N) is 8. The molecular weight excluding hydrogens is 1810 g/mol. The monoisotopic (exact) mass is 1960 g/mol. The normalized spacial score (nSPS) is 12.0. The molecule has 0 aliphatic carbocycles. The van der Waals surface area contributed by atoms with E-state index in [9.17, 15) is 4.79 Å². The summed E-state index contributed by atoms with van der Waals surface area (Å²) in [6.07, 6.45) is 17.7. The standard InChI is InChI=1S/C23H29N3O.C21H25N.C20H23NO2.C19H20ClNO.C18H19N.C17H18N2.C13H17N/c1-23(2,3)20-15-21-18(10-11-24-21)14-19(20)16-6-8-17(9-7-16)22(27)25-12-13-26(4)5;1-14(2)15-6-8-16(9-7-15)18-12-17-10-11-22-20(17)13-19(18)21(3,4)5;1-20(2,3)15-12-16-13(9-10-21-16)11-14(15)19-17(22-4)7-6-8-18(19)23-5;1-19(2,3)16-11-17-12(7-8-21-17)9-15(16)14-6-5-13(20)10-18(14)22-4;1-18(2,3)16-12-17-14(9-10-19-17)11-15(16)13-7-5-4-6-8-13;1-17(2,3)15-10-16-12(6-8-19-16)9-14(15)13-5-4-7-18-11-13;1-9-8-14-12-7-10(13(2,3)4)5-6-11(9)12/h6-11,14-15,24H,12-13H2,1-5H3,(H,25,27);6-14,22H,1-5H3;6-12,21H,1-5H3;5-11,21H,1-4H3;4-12,19H,1-3H3;4-11,19H,1-3H3;5-8,14H,1-4H3. The second-order valence-electron chi connectivity index (χ2n) is 46.2. The Morgan fingerprint density at radius 3 is 1.08 bits per heavy atom. The molecular formula is C131H151ClN10O4. The number of carbonyl (C=O) groups is 1. The molecule has 0 aliphatic heterocycles. The topological polar surface area (TPSA) is 183 Å². The van der Waals surface area contributed by atoms with Crippen LogP contribution in [0.15, 0.2) is 311 Å². The van der Waals surface area contributed by atoms with Crippen molar-refractivity contribution in [1.82, 2.24) is 50.1 Å². The number of aromatic nitrogens is 8. The van der Waals surface area contributed by atoms with Gasteiger partial charge in [-0.1, -0.05) is 262 Å². The van der Waals surface area contributed by atoms with E-state index in [1.165, 1.54) is 154 Å². The molecule has 0 saturated carbocycles. The van der Waals surface area contributed by atoms with Gasteiger partial charge in [-0.2, -0.15) is 0 Å². The lowest BCUT2D eigenvalue weighted by atomic mass is 9.81. The number of aryl methyl sites for hydroxylation is 1. The van der Waals surface area contributed by atoms with Crippen LogP contribution in [-0.2, 0) is 37.9 Å². The number of pyridine rings is 1. The highest BCUT2D eigenvalue weighted by Crippen LogP contribution is 2.48. The second kappa shape index (κ2) is 44.7. The van der Waals surface area contributed by atoms with Crippen molar-refractivity contribution in [3.05, 3.63) is 371 Å². The van der Waals surface area contributed by atoms with E-state index in [1.807, 2.05) is 130 Å². The lowest BCUT2D eigenvalue weighted by Crippen LogP contribution is -2.31. The fraction of sp³-hybridized carbons (Fsp3) is 0.298. The second-order valence-corrected chi connectivity index (χ2v) is 46.6. The molecule has 20 aromatic rings. The predicted molar refractivity (Wildman–Crippen MR) is 624 cm³/mol. The van der Waals surface area contributed by atoms with Gasteiger partial charge in [-0.3, -0.25) is 9.78 Å². The molecule has 15 heteroatoms. The Bertz CT molecular complexity index is 7690. The maximum atomic E-state index is 12.3. The zero-order valence-electron chi connectivity index (χ0n) is 91.3. The quantitative estimate of drug-likeness (QED) is 0.0536. The maximum Gasteiger partial charge on any atom is 0.251 e. The largest absolute Gasteiger partial charge is 0.496 e. The van der Waals surface area contributed by atoms with Crippen LogP contribution in [0.2, 0.25) is 5.02 Å². The van der Waals surface area contributed by atoms with Crippen LogP contribution in [0.4, 0.5) is 0 Å². The number of nitrogens with zero attached hydrogens (tertiary/aromatic N) is 2. The van der Waals surface area contributed by atoms with Crippen molar-refractivity contribution in [3.8, 4) is 84.0 Å². The number of ether oxygens (including phenoxy) is 3. The first-order valence-electron chi connectivity index (χ1n) is 51.0. The highest BCUT2D eigenvalue weighted by Gasteiger charge is 2.30. The zero-order chi connectivity index (χ0) is 105. The number of likely N-dealkylation sites (N-methyl/N-ethyl adjacent to an activating group) is 1. The van der Waals surface area contributed by atoms with Crippen molar-refractivity contribution < 1.29 is 19.0 Å². The van der Waals surface area contributed by atoms with E-state index in [-0.39, 0.29) is 43.8 Å². The third kappa shape index (κ3) is 25.8. The number of fused-ring (bicyclic) bond motifs is 7. The lowest BCUT2D eigenvalue weighted by molar-refractivity contribution is 0.0951. The van der Waals surface area contributed by atoms with Crippen LogP contribution in [0, 0.1) is 6.92 Å². The third-order valence-electron chi connectivity index (χ3n) is 27.2. The molecule has 0 unspecified atom stereocenters. The van der Waals surface area contributed by atoms with E-state index in [0.29, 0.717) is 23.0 Å². The Balaban J connectivity index is 0.000000136.